The number of pyridine rings is 1. The average molecular weight is 422 g/mol. The lowest BCUT2D eigenvalue weighted by molar-refractivity contribution is -0.110. The fourth-order valence-corrected chi connectivity index (χ4v) is 5.34. The molecule has 0 aliphatic heterocycles. The Morgan fingerprint density at radius 2 is 2.00 bits per heavy atom. The zero-order valence-corrected chi connectivity index (χ0v) is 19.7. The molecule has 2 aliphatic rings. The van der Waals surface area contributed by atoms with Gasteiger partial charge in [0, 0.05) is 25.6 Å². The van der Waals surface area contributed by atoms with Gasteiger partial charge in [0.2, 0.25) is 0 Å². The zero-order valence-electron chi connectivity index (χ0n) is 19.7. The standard InChI is InChI=1S/C28H39NO2/c1-5-10-22-12-13-27(29-19-22)23-16-24(20-30)25(11-6-2)26(17-23)21(3)18-28(31-4)14-8-7-9-15-28/h12-13,16-17,19-20,24-25H,3,5-11,14-15,18H2,1-2,4H3. The van der Waals surface area contributed by atoms with Crippen LogP contribution in [0, 0.1) is 11.8 Å². The minimum absolute atomic E-state index is 0.106. The molecule has 168 valence electrons. The Morgan fingerprint density at radius 1 is 1.23 bits per heavy atom. The van der Waals surface area contributed by atoms with Crippen LogP contribution in [0.2, 0.25) is 0 Å². The quantitative estimate of drug-likeness (QED) is 0.386. The number of aromatic nitrogens is 1. The van der Waals surface area contributed by atoms with E-state index in [9.17, 15) is 4.79 Å². The summed E-state index contributed by atoms with van der Waals surface area (Å²) < 4.78 is 6.05. The molecular weight excluding hydrogens is 382 g/mol. The first-order valence-corrected chi connectivity index (χ1v) is 12.1. The highest BCUT2D eigenvalue weighted by atomic mass is 16.5. The van der Waals surface area contributed by atoms with Crippen molar-refractivity contribution in [1.82, 2.24) is 4.98 Å². The predicted octanol–water partition coefficient (Wildman–Crippen LogP) is 6.88. The molecule has 3 nitrogen and oxygen atoms in total. The van der Waals surface area contributed by atoms with Crippen LogP contribution in [0.25, 0.3) is 5.57 Å². The minimum atomic E-state index is -0.131. The number of carbonyl (C=O) groups excluding carboxylic acids is 1. The molecule has 0 bridgehead atoms. The average Bonchev–Trinajstić information content (AvgIpc) is 2.80. The van der Waals surface area contributed by atoms with Gasteiger partial charge in [0.1, 0.15) is 6.29 Å². The van der Waals surface area contributed by atoms with Gasteiger partial charge in [-0.1, -0.05) is 64.7 Å². The Morgan fingerprint density at radius 3 is 2.58 bits per heavy atom. The lowest BCUT2D eigenvalue weighted by Crippen LogP contribution is -2.35. The van der Waals surface area contributed by atoms with Crippen molar-refractivity contribution in [2.24, 2.45) is 11.8 Å². The van der Waals surface area contributed by atoms with Crippen LogP contribution in [0.3, 0.4) is 0 Å². The van der Waals surface area contributed by atoms with Crippen molar-refractivity contribution in [3.63, 3.8) is 0 Å². The van der Waals surface area contributed by atoms with Crippen LogP contribution >= 0.6 is 0 Å². The number of nitrogens with zero attached hydrogens (tertiary/aromatic N) is 1. The van der Waals surface area contributed by atoms with Crippen LogP contribution in [-0.4, -0.2) is 24.0 Å². The Kier molecular flexibility index (Phi) is 8.43. The molecule has 2 unspecified atom stereocenters. The second-order valence-corrected chi connectivity index (χ2v) is 9.36. The molecule has 1 aromatic heterocycles. The lowest BCUT2D eigenvalue weighted by Gasteiger charge is -2.38. The van der Waals surface area contributed by atoms with E-state index in [1.807, 2.05) is 13.3 Å². The summed E-state index contributed by atoms with van der Waals surface area (Å²) in [6.07, 6.45) is 18.4. The van der Waals surface area contributed by atoms with Gasteiger partial charge < -0.3 is 9.53 Å². The molecular formula is C28H39NO2. The first kappa shape index (κ1) is 23.7. The minimum Gasteiger partial charge on any atom is -0.378 e. The number of aldehydes is 1. The van der Waals surface area contributed by atoms with Gasteiger partial charge in [0.05, 0.1) is 11.3 Å². The van der Waals surface area contributed by atoms with Crippen LogP contribution in [-0.2, 0) is 16.0 Å². The van der Waals surface area contributed by atoms with Gasteiger partial charge in [0.15, 0.2) is 0 Å². The van der Waals surface area contributed by atoms with Crippen LogP contribution < -0.4 is 0 Å². The monoisotopic (exact) mass is 421 g/mol. The second-order valence-electron chi connectivity index (χ2n) is 9.36. The number of aryl methyl sites for hydroxylation is 1. The fourth-order valence-electron chi connectivity index (χ4n) is 5.34. The summed E-state index contributed by atoms with van der Waals surface area (Å²) in [4.78, 5) is 16.8. The summed E-state index contributed by atoms with van der Waals surface area (Å²) in [7, 11) is 1.85. The third-order valence-corrected chi connectivity index (χ3v) is 7.10. The molecule has 1 heterocycles. The summed E-state index contributed by atoms with van der Waals surface area (Å²) in [6, 6.07) is 4.25. The maximum absolute atomic E-state index is 12.1. The zero-order chi connectivity index (χ0) is 22.3. The van der Waals surface area contributed by atoms with E-state index in [0.717, 1.165) is 68.1 Å². The highest BCUT2D eigenvalue weighted by Crippen LogP contribution is 2.43. The van der Waals surface area contributed by atoms with Crippen molar-refractivity contribution in [2.75, 3.05) is 7.11 Å². The number of allylic oxidation sites excluding steroid dienone is 4. The largest absolute Gasteiger partial charge is 0.378 e. The van der Waals surface area contributed by atoms with Crippen molar-refractivity contribution in [3.8, 4) is 0 Å². The molecule has 0 saturated heterocycles. The summed E-state index contributed by atoms with van der Waals surface area (Å²) in [5, 5.41) is 0. The molecule has 0 N–H and O–H groups in total. The van der Waals surface area contributed by atoms with Gasteiger partial charge in [0.25, 0.3) is 0 Å². The smallest absolute Gasteiger partial charge is 0.127 e. The van der Waals surface area contributed by atoms with Crippen LogP contribution in [0.1, 0.15) is 82.9 Å². The lowest BCUT2D eigenvalue weighted by atomic mass is 9.71. The molecule has 0 spiro atoms. The number of rotatable bonds is 10. The van der Waals surface area contributed by atoms with E-state index in [0.29, 0.717) is 0 Å². The van der Waals surface area contributed by atoms with Gasteiger partial charge in [-0.15, -0.1) is 0 Å². The van der Waals surface area contributed by atoms with Crippen molar-refractivity contribution in [3.05, 3.63) is 59.5 Å². The van der Waals surface area contributed by atoms with Gasteiger partial charge in [-0.2, -0.15) is 0 Å². The topological polar surface area (TPSA) is 39.2 Å². The third-order valence-electron chi connectivity index (χ3n) is 7.10. The molecule has 0 radical (unpaired) electrons. The summed E-state index contributed by atoms with van der Waals surface area (Å²) >= 11 is 0. The van der Waals surface area contributed by atoms with E-state index in [2.05, 4.69) is 44.7 Å². The normalized spacial score (nSPS) is 23.1. The second kappa shape index (κ2) is 11.0. The Labute approximate surface area is 188 Å². The molecule has 3 rings (SSSR count). The van der Waals surface area contributed by atoms with Gasteiger partial charge >= 0.3 is 0 Å². The van der Waals surface area contributed by atoms with E-state index >= 15 is 0 Å². The van der Waals surface area contributed by atoms with Crippen LogP contribution in [0.5, 0.6) is 0 Å². The van der Waals surface area contributed by atoms with Crippen molar-refractivity contribution in [1.29, 1.82) is 0 Å². The summed E-state index contributed by atoms with van der Waals surface area (Å²) in [6.45, 7) is 8.89. The van der Waals surface area contributed by atoms with E-state index in [4.69, 9.17) is 9.72 Å². The van der Waals surface area contributed by atoms with Gasteiger partial charge in [-0.25, -0.2) is 0 Å². The van der Waals surface area contributed by atoms with Gasteiger partial charge in [-0.05, 0) is 66.0 Å². The Bertz CT molecular complexity index is 812. The number of hydrogen-bond acceptors (Lipinski definition) is 3. The molecule has 2 atom stereocenters. The number of hydrogen-bond donors (Lipinski definition) is 0. The van der Waals surface area contributed by atoms with Gasteiger partial charge in [-0.3, -0.25) is 4.98 Å². The van der Waals surface area contributed by atoms with Crippen molar-refractivity contribution < 1.29 is 9.53 Å². The number of methoxy groups -OCH3 is 1. The maximum Gasteiger partial charge on any atom is 0.127 e. The van der Waals surface area contributed by atoms with Crippen LogP contribution in [0.15, 0.2) is 48.2 Å². The van der Waals surface area contributed by atoms with E-state index in [-0.39, 0.29) is 17.4 Å². The molecule has 0 amide bonds. The van der Waals surface area contributed by atoms with Crippen molar-refractivity contribution in [2.45, 2.75) is 83.7 Å². The first-order valence-electron chi connectivity index (χ1n) is 12.1. The predicted molar refractivity (Wildman–Crippen MR) is 129 cm³/mol. The molecule has 0 aromatic carbocycles. The highest BCUT2D eigenvalue weighted by Gasteiger charge is 2.35. The molecule has 1 aromatic rings. The first-order chi connectivity index (χ1) is 15.1. The Balaban J connectivity index is 1.92. The van der Waals surface area contributed by atoms with E-state index < -0.39 is 0 Å². The third kappa shape index (κ3) is 5.63. The van der Waals surface area contributed by atoms with Crippen molar-refractivity contribution >= 4 is 11.9 Å². The number of carbonyl (C=O) groups is 1. The Hall–Kier alpha value is -2.00. The summed E-state index contributed by atoms with van der Waals surface area (Å²) in [5.41, 5.74) is 5.47. The summed E-state index contributed by atoms with van der Waals surface area (Å²) in [5.74, 6) is 0.0595. The SMILES string of the molecule is C=C(CC1(OC)CCCCC1)C1=CC(c2ccc(CCC)cn2)=CC(C=O)C1CCC. The highest BCUT2D eigenvalue weighted by molar-refractivity contribution is 5.79. The van der Waals surface area contributed by atoms with Crippen LogP contribution in [0.4, 0.5) is 0 Å². The number of ether oxygens (including phenoxy) is 1. The van der Waals surface area contributed by atoms with E-state index in [1.165, 1.54) is 30.4 Å². The molecule has 31 heavy (non-hydrogen) atoms. The fraction of sp³-hybridized carbons (Fsp3) is 0.571. The molecule has 1 saturated carbocycles. The van der Waals surface area contributed by atoms with E-state index in [1.54, 1.807) is 0 Å². The maximum atomic E-state index is 12.1. The molecule has 1 fully saturated rings. The molecule has 3 heteroatoms. The molecule has 2 aliphatic carbocycles.